The van der Waals surface area contributed by atoms with Gasteiger partial charge in [-0.25, -0.2) is 4.99 Å². The van der Waals surface area contributed by atoms with Gasteiger partial charge in [-0.3, -0.25) is 9.59 Å². The maximum Gasteiger partial charge on any atom is 0.242 e. The molecule has 7 heteroatoms. The topological polar surface area (TPSA) is 68.2 Å². The van der Waals surface area contributed by atoms with Crippen molar-refractivity contribution in [1.82, 2.24) is 20.0 Å². The highest BCUT2D eigenvalue weighted by atomic mass is 16.2. The quantitative estimate of drug-likeness (QED) is 0.508. The summed E-state index contributed by atoms with van der Waals surface area (Å²) in [5.41, 5.74) is 2.22. The Kier molecular flexibility index (Phi) is 8.96. The molecule has 1 aliphatic heterocycles. The Balaban J connectivity index is 2.02. The van der Waals surface area contributed by atoms with Crippen molar-refractivity contribution in [3.05, 3.63) is 35.4 Å². The van der Waals surface area contributed by atoms with E-state index in [2.05, 4.69) is 17.4 Å². The van der Waals surface area contributed by atoms with Crippen LogP contribution in [0.3, 0.4) is 0 Å². The molecule has 2 rings (SSSR count). The summed E-state index contributed by atoms with van der Waals surface area (Å²) in [4.78, 5) is 34.6. The molecule has 0 aliphatic carbocycles. The normalized spacial score (nSPS) is 14.3. The van der Waals surface area contributed by atoms with Gasteiger partial charge in [0, 0.05) is 46.2 Å². The molecule has 1 fully saturated rings. The van der Waals surface area contributed by atoms with Crippen molar-refractivity contribution in [1.29, 1.82) is 0 Å². The van der Waals surface area contributed by atoms with E-state index >= 15 is 0 Å². The molecule has 1 aliphatic rings. The van der Waals surface area contributed by atoms with Gasteiger partial charge in [0.2, 0.25) is 11.8 Å². The highest BCUT2D eigenvalue weighted by molar-refractivity contribution is 5.86. The highest BCUT2D eigenvalue weighted by Crippen LogP contribution is 2.15. The fourth-order valence-corrected chi connectivity index (χ4v) is 3.51. The molecule has 29 heavy (non-hydrogen) atoms. The van der Waals surface area contributed by atoms with Gasteiger partial charge in [0.05, 0.1) is 13.1 Å². The van der Waals surface area contributed by atoms with E-state index in [-0.39, 0.29) is 11.8 Å². The zero-order chi connectivity index (χ0) is 21.2. The van der Waals surface area contributed by atoms with Crippen LogP contribution in [-0.2, 0) is 22.7 Å². The standard InChI is InChI=1S/C22H35N5O2/c1-5-23-22(25(4)17-21(29)26(6-2)7-3)24-15-18-10-8-11-19(14-18)16-27-13-9-12-20(27)28/h8,10-11,14H,5-7,9,12-13,15-17H2,1-4H3,(H,23,24). The predicted octanol–water partition coefficient (Wildman–Crippen LogP) is 2.07. The molecular formula is C22H35N5O2. The summed E-state index contributed by atoms with van der Waals surface area (Å²) >= 11 is 0. The number of rotatable bonds is 9. The number of hydrogen-bond acceptors (Lipinski definition) is 3. The molecule has 0 unspecified atom stereocenters. The maximum absolute atomic E-state index is 12.4. The number of hydrogen-bond donors (Lipinski definition) is 1. The zero-order valence-electron chi connectivity index (χ0n) is 18.3. The number of aliphatic imine (C=N–C) groups is 1. The second-order valence-electron chi connectivity index (χ2n) is 7.33. The fraction of sp³-hybridized carbons (Fsp3) is 0.591. The summed E-state index contributed by atoms with van der Waals surface area (Å²) in [6.07, 6.45) is 1.61. The van der Waals surface area contributed by atoms with E-state index in [0.29, 0.717) is 45.1 Å². The number of likely N-dealkylation sites (tertiary alicyclic amines) is 1. The summed E-state index contributed by atoms with van der Waals surface area (Å²) in [5.74, 6) is 1.05. The van der Waals surface area contributed by atoms with Crippen LogP contribution in [0.4, 0.5) is 0 Å². The third-order valence-corrected chi connectivity index (χ3v) is 5.13. The first kappa shape index (κ1) is 22.7. The number of amides is 2. The zero-order valence-corrected chi connectivity index (χ0v) is 18.3. The van der Waals surface area contributed by atoms with Crippen molar-refractivity contribution < 1.29 is 9.59 Å². The van der Waals surface area contributed by atoms with Gasteiger partial charge in [0.25, 0.3) is 0 Å². The molecule has 1 saturated heterocycles. The van der Waals surface area contributed by atoms with Crippen LogP contribution in [0.15, 0.2) is 29.3 Å². The van der Waals surface area contributed by atoms with Crippen LogP contribution in [0.5, 0.6) is 0 Å². The molecule has 0 radical (unpaired) electrons. The van der Waals surface area contributed by atoms with Gasteiger partial charge in [-0.2, -0.15) is 0 Å². The van der Waals surface area contributed by atoms with Gasteiger partial charge in [-0.05, 0) is 38.3 Å². The average molecular weight is 402 g/mol. The number of likely N-dealkylation sites (N-methyl/N-ethyl adjacent to an activating group) is 2. The molecule has 160 valence electrons. The van der Waals surface area contributed by atoms with E-state index in [1.807, 2.05) is 54.7 Å². The molecule has 1 aromatic rings. The highest BCUT2D eigenvalue weighted by Gasteiger charge is 2.20. The molecule has 1 aromatic carbocycles. The molecule has 1 N–H and O–H groups in total. The number of benzene rings is 1. The first-order chi connectivity index (χ1) is 14.0. The van der Waals surface area contributed by atoms with E-state index in [1.54, 1.807) is 0 Å². The number of guanidine groups is 1. The van der Waals surface area contributed by atoms with Crippen LogP contribution in [-0.4, -0.2) is 72.2 Å². The number of carbonyl (C=O) groups excluding carboxylic acids is 2. The van der Waals surface area contributed by atoms with Gasteiger partial charge in [-0.1, -0.05) is 24.3 Å². The summed E-state index contributed by atoms with van der Waals surface area (Å²) < 4.78 is 0. The summed E-state index contributed by atoms with van der Waals surface area (Å²) in [6.45, 7) is 10.5. The number of nitrogens with zero attached hydrogens (tertiary/aromatic N) is 4. The fourth-order valence-electron chi connectivity index (χ4n) is 3.51. The van der Waals surface area contributed by atoms with Crippen molar-refractivity contribution in [3.63, 3.8) is 0 Å². The molecule has 2 amide bonds. The number of carbonyl (C=O) groups is 2. The molecule has 0 saturated carbocycles. The molecular weight excluding hydrogens is 366 g/mol. The molecule has 1 heterocycles. The number of nitrogens with one attached hydrogen (secondary N) is 1. The van der Waals surface area contributed by atoms with Crippen LogP contribution in [0.25, 0.3) is 0 Å². The SMILES string of the molecule is CCNC(=NCc1cccc(CN2CCCC2=O)c1)N(C)CC(=O)N(CC)CC. The third kappa shape index (κ3) is 6.76. The van der Waals surface area contributed by atoms with Gasteiger partial charge in [0.15, 0.2) is 5.96 Å². The molecule has 0 spiro atoms. The molecule has 0 atom stereocenters. The summed E-state index contributed by atoms with van der Waals surface area (Å²) in [6, 6.07) is 8.23. The Bertz CT molecular complexity index is 715. The van der Waals surface area contributed by atoms with Crippen LogP contribution >= 0.6 is 0 Å². The lowest BCUT2D eigenvalue weighted by Crippen LogP contribution is -2.45. The minimum atomic E-state index is 0.0976. The lowest BCUT2D eigenvalue weighted by molar-refractivity contribution is -0.131. The second kappa shape index (κ2) is 11.4. The summed E-state index contributed by atoms with van der Waals surface area (Å²) in [7, 11) is 1.89. The molecule has 0 aromatic heterocycles. The largest absolute Gasteiger partial charge is 0.357 e. The Labute approximate surface area is 174 Å². The van der Waals surface area contributed by atoms with E-state index in [0.717, 1.165) is 30.6 Å². The van der Waals surface area contributed by atoms with Crippen molar-refractivity contribution in [2.45, 2.75) is 46.7 Å². The summed E-state index contributed by atoms with van der Waals surface area (Å²) in [5, 5.41) is 3.26. The van der Waals surface area contributed by atoms with Gasteiger partial charge >= 0.3 is 0 Å². The first-order valence-corrected chi connectivity index (χ1v) is 10.6. The smallest absolute Gasteiger partial charge is 0.242 e. The van der Waals surface area contributed by atoms with Crippen LogP contribution < -0.4 is 5.32 Å². The third-order valence-electron chi connectivity index (χ3n) is 5.13. The Morgan fingerprint density at radius 3 is 2.55 bits per heavy atom. The van der Waals surface area contributed by atoms with Crippen LogP contribution in [0.1, 0.15) is 44.7 Å². The Hall–Kier alpha value is -2.57. The van der Waals surface area contributed by atoms with Crippen molar-refractivity contribution in [2.24, 2.45) is 4.99 Å². The average Bonchev–Trinajstić information content (AvgIpc) is 3.10. The van der Waals surface area contributed by atoms with Crippen LogP contribution in [0, 0.1) is 0 Å². The van der Waals surface area contributed by atoms with Gasteiger partial charge < -0.3 is 20.0 Å². The second-order valence-corrected chi connectivity index (χ2v) is 7.33. The lowest BCUT2D eigenvalue weighted by Gasteiger charge is -2.25. The molecule has 7 nitrogen and oxygen atoms in total. The van der Waals surface area contributed by atoms with Crippen molar-refractivity contribution >= 4 is 17.8 Å². The van der Waals surface area contributed by atoms with Crippen molar-refractivity contribution in [3.8, 4) is 0 Å². The first-order valence-electron chi connectivity index (χ1n) is 10.6. The lowest BCUT2D eigenvalue weighted by atomic mass is 10.1. The van der Waals surface area contributed by atoms with E-state index < -0.39 is 0 Å². The van der Waals surface area contributed by atoms with Gasteiger partial charge in [-0.15, -0.1) is 0 Å². The van der Waals surface area contributed by atoms with E-state index in [9.17, 15) is 9.59 Å². The Morgan fingerprint density at radius 1 is 1.21 bits per heavy atom. The maximum atomic E-state index is 12.4. The van der Waals surface area contributed by atoms with Crippen LogP contribution in [0.2, 0.25) is 0 Å². The van der Waals surface area contributed by atoms with Crippen molar-refractivity contribution in [2.75, 3.05) is 39.8 Å². The van der Waals surface area contributed by atoms with E-state index in [4.69, 9.17) is 4.99 Å². The minimum absolute atomic E-state index is 0.0976. The Morgan fingerprint density at radius 2 is 1.93 bits per heavy atom. The van der Waals surface area contributed by atoms with Gasteiger partial charge in [0.1, 0.15) is 0 Å². The molecule has 0 bridgehead atoms. The predicted molar refractivity (Wildman–Crippen MR) is 116 cm³/mol. The minimum Gasteiger partial charge on any atom is -0.357 e. The van der Waals surface area contributed by atoms with E-state index in [1.165, 1.54) is 0 Å². The monoisotopic (exact) mass is 401 g/mol.